The molecule has 1 atom stereocenters. The molecular formula is C16H22N4O4S. The molecule has 3 rings (SSSR count). The molecule has 0 unspecified atom stereocenters. The number of aryl methyl sites for hydroxylation is 1. The lowest BCUT2D eigenvalue weighted by atomic mass is 10.1. The lowest BCUT2D eigenvalue weighted by molar-refractivity contribution is 0.0941. The molecule has 0 saturated carbocycles. The number of nitrogens with zero attached hydrogens (tertiary/aromatic N) is 2. The SMILES string of the molecule is COCCNc1nc2cc(C(=O)N[C@H]3CCS(=O)(=O)C3)ccc2n1C. The minimum atomic E-state index is -3.02. The summed E-state index contributed by atoms with van der Waals surface area (Å²) >= 11 is 0. The first-order valence-corrected chi connectivity index (χ1v) is 9.92. The van der Waals surface area contributed by atoms with Gasteiger partial charge >= 0.3 is 0 Å². The Morgan fingerprint density at radius 3 is 2.92 bits per heavy atom. The molecule has 1 saturated heterocycles. The largest absolute Gasteiger partial charge is 0.383 e. The van der Waals surface area contributed by atoms with Gasteiger partial charge in [-0.15, -0.1) is 0 Å². The molecular weight excluding hydrogens is 344 g/mol. The molecule has 0 aliphatic carbocycles. The van der Waals surface area contributed by atoms with Crippen LogP contribution in [0.4, 0.5) is 5.95 Å². The van der Waals surface area contributed by atoms with E-state index in [1.807, 2.05) is 17.7 Å². The van der Waals surface area contributed by atoms with Gasteiger partial charge < -0.3 is 19.9 Å². The zero-order valence-corrected chi connectivity index (χ0v) is 15.1. The van der Waals surface area contributed by atoms with Crippen LogP contribution in [0.3, 0.4) is 0 Å². The first-order chi connectivity index (χ1) is 11.9. The number of carbonyl (C=O) groups excluding carboxylic acids is 1. The summed E-state index contributed by atoms with van der Waals surface area (Å²) in [6.07, 6.45) is 0.466. The molecule has 25 heavy (non-hydrogen) atoms. The number of methoxy groups -OCH3 is 1. The highest BCUT2D eigenvalue weighted by Gasteiger charge is 2.29. The maximum atomic E-state index is 12.4. The van der Waals surface area contributed by atoms with Gasteiger partial charge in [0.2, 0.25) is 5.95 Å². The van der Waals surface area contributed by atoms with E-state index in [4.69, 9.17) is 4.74 Å². The van der Waals surface area contributed by atoms with Crippen LogP contribution in [0.25, 0.3) is 11.0 Å². The number of nitrogens with one attached hydrogen (secondary N) is 2. The number of hydrogen-bond donors (Lipinski definition) is 2. The molecule has 1 aliphatic heterocycles. The Labute approximate surface area is 146 Å². The summed E-state index contributed by atoms with van der Waals surface area (Å²) in [5.41, 5.74) is 2.08. The van der Waals surface area contributed by atoms with Crippen molar-refractivity contribution in [1.82, 2.24) is 14.9 Å². The number of rotatable bonds is 6. The summed E-state index contributed by atoms with van der Waals surface area (Å²) in [6.45, 7) is 1.21. The molecule has 0 spiro atoms. The van der Waals surface area contributed by atoms with E-state index in [0.29, 0.717) is 36.6 Å². The standard InChI is InChI=1S/C16H22N4O4S/c1-20-14-4-3-11(9-13(14)19-16(20)17-6-7-24-2)15(21)18-12-5-8-25(22,23)10-12/h3-4,9,12H,5-8,10H2,1-2H3,(H,17,19)(H,18,21)/t12-/m0/s1. The molecule has 8 nitrogen and oxygen atoms in total. The fourth-order valence-electron chi connectivity index (χ4n) is 2.94. The molecule has 2 N–H and O–H groups in total. The second kappa shape index (κ2) is 7.01. The fourth-order valence-corrected chi connectivity index (χ4v) is 4.61. The van der Waals surface area contributed by atoms with Crippen molar-refractivity contribution in [1.29, 1.82) is 0 Å². The third kappa shape index (κ3) is 3.93. The molecule has 1 fully saturated rings. The number of benzene rings is 1. The minimum Gasteiger partial charge on any atom is -0.383 e. The highest BCUT2D eigenvalue weighted by Crippen LogP contribution is 2.20. The number of imidazole rings is 1. The predicted octanol–water partition coefficient (Wildman–Crippen LogP) is 0.549. The average molecular weight is 366 g/mol. The van der Waals surface area contributed by atoms with E-state index >= 15 is 0 Å². The van der Waals surface area contributed by atoms with Gasteiger partial charge in [-0.25, -0.2) is 13.4 Å². The van der Waals surface area contributed by atoms with E-state index < -0.39 is 9.84 Å². The van der Waals surface area contributed by atoms with Crippen molar-refractivity contribution in [3.63, 3.8) is 0 Å². The number of ether oxygens (including phenoxy) is 1. The zero-order chi connectivity index (χ0) is 18.0. The second-order valence-electron chi connectivity index (χ2n) is 6.19. The fraction of sp³-hybridized carbons (Fsp3) is 0.500. The molecule has 136 valence electrons. The van der Waals surface area contributed by atoms with E-state index in [2.05, 4.69) is 15.6 Å². The molecule has 2 aromatic rings. The molecule has 0 radical (unpaired) electrons. The number of carbonyl (C=O) groups is 1. The molecule has 1 aliphatic rings. The van der Waals surface area contributed by atoms with Crippen molar-refractivity contribution in [2.24, 2.45) is 7.05 Å². The van der Waals surface area contributed by atoms with Crippen LogP contribution in [0.2, 0.25) is 0 Å². The van der Waals surface area contributed by atoms with Crippen LogP contribution in [0, 0.1) is 0 Å². The van der Waals surface area contributed by atoms with E-state index in [1.54, 1.807) is 19.2 Å². The van der Waals surface area contributed by atoms with E-state index in [1.165, 1.54) is 0 Å². The summed E-state index contributed by atoms with van der Waals surface area (Å²) in [7, 11) is 0.512. The summed E-state index contributed by atoms with van der Waals surface area (Å²) in [5.74, 6) is 0.571. The van der Waals surface area contributed by atoms with E-state index in [-0.39, 0.29) is 23.5 Å². The number of amides is 1. The minimum absolute atomic E-state index is 0.0120. The highest BCUT2D eigenvalue weighted by atomic mass is 32.2. The normalized spacial score (nSPS) is 19.2. The van der Waals surface area contributed by atoms with Crippen molar-refractivity contribution >= 4 is 32.7 Å². The molecule has 2 heterocycles. The van der Waals surface area contributed by atoms with Crippen molar-refractivity contribution in [3.05, 3.63) is 23.8 Å². The van der Waals surface area contributed by atoms with Crippen molar-refractivity contribution in [2.45, 2.75) is 12.5 Å². The lowest BCUT2D eigenvalue weighted by Crippen LogP contribution is -2.35. The van der Waals surface area contributed by atoms with Crippen LogP contribution in [0.5, 0.6) is 0 Å². The summed E-state index contributed by atoms with van der Waals surface area (Å²) in [5, 5.41) is 5.97. The van der Waals surface area contributed by atoms with Gasteiger partial charge in [0.25, 0.3) is 5.91 Å². The van der Waals surface area contributed by atoms with Gasteiger partial charge in [-0.05, 0) is 24.6 Å². The van der Waals surface area contributed by atoms with E-state index in [0.717, 1.165) is 5.52 Å². The van der Waals surface area contributed by atoms with Crippen LogP contribution in [-0.2, 0) is 21.6 Å². The van der Waals surface area contributed by atoms with Crippen LogP contribution >= 0.6 is 0 Å². The Bertz CT molecular complexity index is 891. The second-order valence-corrected chi connectivity index (χ2v) is 8.42. The zero-order valence-electron chi connectivity index (χ0n) is 14.3. The Kier molecular flexibility index (Phi) is 4.96. The first-order valence-electron chi connectivity index (χ1n) is 8.10. The van der Waals surface area contributed by atoms with Crippen molar-refractivity contribution in [2.75, 3.05) is 37.1 Å². The molecule has 1 aromatic heterocycles. The van der Waals surface area contributed by atoms with Gasteiger partial charge in [0.15, 0.2) is 9.84 Å². The Morgan fingerprint density at radius 1 is 1.44 bits per heavy atom. The number of sulfone groups is 1. The number of aromatic nitrogens is 2. The van der Waals surface area contributed by atoms with E-state index in [9.17, 15) is 13.2 Å². The van der Waals surface area contributed by atoms with Gasteiger partial charge in [-0.2, -0.15) is 0 Å². The maximum Gasteiger partial charge on any atom is 0.251 e. The molecule has 0 bridgehead atoms. The van der Waals surface area contributed by atoms with Crippen molar-refractivity contribution < 1.29 is 17.9 Å². The number of anilines is 1. The van der Waals surface area contributed by atoms with Gasteiger partial charge in [-0.1, -0.05) is 0 Å². The van der Waals surface area contributed by atoms with Crippen LogP contribution in [0.15, 0.2) is 18.2 Å². The van der Waals surface area contributed by atoms with Crippen molar-refractivity contribution in [3.8, 4) is 0 Å². The lowest BCUT2D eigenvalue weighted by Gasteiger charge is -2.10. The maximum absolute atomic E-state index is 12.4. The molecule has 1 aromatic carbocycles. The Morgan fingerprint density at radius 2 is 2.24 bits per heavy atom. The monoisotopic (exact) mass is 366 g/mol. The number of fused-ring (bicyclic) bond motifs is 1. The van der Waals surface area contributed by atoms with Crippen LogP contribution in [0.1, 0.15) is 16.8 Å². The number of hydrogen-bond acceptors (Lipinski definition) is 6. The Hall–Kier alpha value is -2.13. The molecule has 1 amide bonds. The summed E-state index contributed by atoms with van der Waals surface area (Å²) < 4.78 is 29.9. The van der Waals surface area contributed by atoms with Crippen LogP contribution < -0.4 is 10.6 Å². The molecule has 9 heteroatoms. The first kappa shape index (κ1) is 17.7. The van der Waals surface area contributed by atoms with Gasteiger partial charge in [0.1, 0.15) is 0 Å². The van der Waals surface area contributed by atoms with Crippen LogP contribution in [-0.4, -0.2) is 61.7 Å². The smallest absolute Gasteiger partial charge is 0.251 e. The van der Waals surface area contributed by atoms with Gasteiger partial charge in [0, 0.05) is 32.3 Å². The third-order valence-electron chi connectivity index (χ3n) is 4.30. The quantitative estimate of drug-likeness (QED) is 0.724. The highest BCUT2D eigenvalue weighted by molar-refractivity contribution is 7.91. The average Bonchev–Trinajstić information content (AvgIpc) is 3.07. The third-order valence-corrected chi connectivity index (χ3v) is 6.07. The topological polar surface area (TPSA) is 102 Å². The predicted molar refractivity (Wildman–Crippen MR) is 95.6 cm³/mol. The summed E-state index contributed by atoms with van der Waals surface area (Å²) in [6, 6.07) is 4.96. The summed E-state index contributed by atoms with van der Waals surface area (Å²) in [4.78, 5) is 16.9. The van der Waals surface area contributed by atoms with Gasteiger partial charge in [0.05, 0.1) is 29.1 Å². The van der Waals surface area contributed by atoms with Gasteiger partial charge in [-0.3, -0.25) is 4.79 Å². The Balaban J connectivity index is 1.75.